The van der Waals surface area contributed by atoms with E-state index in [2.05, 4.69) is 230 Å². The lowest BCUT2D eigenvalue weighted by atomic mass is 9.70. The fraction of sp³-hybridized carbons (Fsp3) is 0.0526. The standard InChI is InChI=1S/C57H40N4/c1-57(2)48-21-12-11-20-46(48)55-54-49(57)22-13-23-50(54)58-56(59-55)61-51-34-29-41(36-47(51)53-45-19-10-9-16-40(45)28-35-52(53)61)39-26-32-44(33-27-39)60(42-17-7-4-8-18-42)43-30-24-38(25-31-43)37-14-5-3-6-15-37/h3-36H,1-2H3. The molecule has 11 aromatic rings. The molecule has 0 aliphatic heterocycles. The molecule has 0 saturated carbocycles. The van der Waals surface area contributed by atoms with E-state index in [0.717, 1.165) is 55.8 Å². The first-order valence-corrected chi connectivity index (χ1v) is 21.0. The Morgan fingerprint density at radius 1 is 0.426 bits per heavy atom. The average Bonchev–Trinajstić information content (AvgIpc) is 3.66. The van der Waals surface area contributed by atoms with Crippen LogP contribution in [0, 0.1) is 0 Å². The Bertz CT molecular complexity index is 3480. The fourth-order valence-corrected chi connectivity index (χ4v) is 9.81. The first-order chi connectivity index (χ1) is 30.0. The van der Waals surface area contributed by atoms with Gasteiger partial charge in [0.05, 0.1) is 22.2 Å². The van der Waals surface area contributed by atoms with Crippen LogP contribution >= 0.6 is 0 Å². The normalized spacial score (nSPS) is 12.9. The van der Waals surface area contributed by atoms with Gasteiger partial charge in [0.2, 0.25) is 5.95 Å². The molecule has 1 aliphatic carbocycles. The van der Waals surface area contributed by atoms with E-state index in [1.54, 1.807) is 0 Å². The van der Waals surface area contributed by atoms with Crippen LogP contribution in [0.2, 0.25) is 0 Å². The molecule has 61 heavy (non-hydrogen) atoms. The minimum atomic E-state index is -0.164. The molecule has 9 aromatic carbocycles. The third-order valence-corrected chi connectivity index (χ3v) is 12.8. The highest BCUT2D eigenvalue weighted by Gasteiger charge is 2.35. The van der Waals surface area contributed by atoms with Gasteiger partial charge in [-0.3, -0.25) is 4.57 Å². The number of aromatic nitrogens is 3. The minimum Gasteiger partial charge on any atom is -0.311 e. The molecule has 0 spiro atoms. The molecule has 2 aromatic heterocycles. The van der Waals surface area contributed by atoms with Gasteiger partial charge in [0, 0.05) is 44.2 Å². The highest BCUT2D eigenvalue weighted by molar-refractivity contribution is 6.22. The van der Waals surface area contributed by atoms with Crippen molar-refractivity contribution in [2.45, 2.75) is 19.3 Å². The van der Waals surface area contributed by atoms with Crippen molar-refractivity contribution in [3.8, 4) is 39.5 Å². The smallest absolute Gasteiger partial charge is 0.235 e. The molecule has 0 radical (unpaired) electrons. The summed E-state index contributed by atoms with van der Waals surface area (Å²) >= 11 is 0. The van der Waals surface area contributed by atoms with Crippen molar-refractivity contribution in [3.63, 3.8) is 0 Å². The largest absolute Gasteiger partial charge is 0.311 e. The van der Waals surface area contributed by atoms with Gasteiger partial charge in [0.1, 0.15) is 0 Å². The lowest BCUT2D eigenvalue weighted by Crippen LogP contribution is -2.24. The van der Waals surface area contributed by atoms with Crippen LogP contribution < -0.4 is 4.90 Å². The van der Waals surface area contributed by atoms with Crippen LogP contribution in [0.4, 0.5) is 17.1 Å². The van der Waals surface area contributed by atoms with Gasteiger partial charge in [0.15, 0.2) is 0 Å². The summed E-state index contributed by atoms with van der Waals surface area (Å²) in [5.74, 6) is 0.680. The summed E-state index contributed by atoms with van der Waals surface area (Å²) < 4.78 is 2.27. The van der Waals surface area contributed by atoms with E-state index in [1.165, 1.54) is 49.4 Å². The van der Waals surface area contributed by atoms with E-state index in [-0.39, 0.29) is 5.41 Å². The summed E-state index contributed by atoms with van der Waals surface area (Å²) in [6.45, 7) is 4.62. The molecule has 4 heteroatoms. The van der Waals surface area contributed by atoms with Gasteiger partial charge >= 0.3 is 0 Å². The number of benzene rings is 9. The number of fused-ring (bicyclic) bond motifs is 7. The van der Waals surface area contributed by atoms with Crippen LogP contribution in [0.3, 0.4) is 0 Å². The number of anilines is 3. The van der Waals surface area contributed by atoms with Gasteiger partial charge in [-0.15, -0.1) is 0 Å². The van der Waals surface area contributed by atoms with Gasteiger partial charge in [-0.2, -0.15) is 0 Å². The van der Waals surface area contributed by atoms with E-state index >= 15 is 0 Å². The van der Waals surface area contributed by atoms with Crippen LogP contribution in [0.5, 0.6) is 0 Å². The van der Waals surface area contributed by atoms with Crippen molar-refractivity contribution in [1.29, 1.82) is 0 Å². The lowest BCUT2D eigenvalue weighted by molar-refractivity contribution is 0.643. The molecule has 0 bridgehead atoms. The van der Waals surface area contributed by atoms with E-state index in [4.69, 9.17) is 9.97 Å². The minimum absolute atomic E-state index is 0.164. The predicted octanol–water partition coefficient (Wildman–Crippen LogP) is 15.0. The third-order valence-electron chi connectivity index (χ3n) is 12.8. The number of hydrogen-bond acceptors (Lipinski definition) is 3. The van der Waals surface area contributed by atoms with Crippen LogP contribution in [0.25, 0.3) is 82.9 Å². The van der Waals surface area contributed by atoms with E-state index in [1.807, 2.05) is 0 Å². The zero-order chi connectivity index (χ0) is 40.7. The Hall–Kier alpha value is -7.82. The van der Waals surface area contributed by atoms with Crippen molar-refractivity contribution >= 4 is 60.5 Å². The summed E-state index contributed by atoms with van der Waals surface area (Å²) in [4.78, 5) is 13.2. The van der Waals surface area contributed by atoms with Crippen molar-refractivity contribution < 1.29 is 0 Å². The Morgan fingerprint density at radius 2 is 1.02 bits per heavy atom. The second kappa shape index (κ2) is 13.6. The molecule has 0 saturated heterocycles. The predicted molar refractivity (Wildman–Crippen MR) is 255 cm³/mol. The van der Waals surface area contributed by atoms with Gasteiger partial charge in [-0.25, -0.2) is 9.97 Å². The maximum Gasteiger partial charge on any atom is 0.235 e. The van der Waals surface area contributed by atoms with Gasteiger partial charge in [-0.05, 0) is 105 Å². The van der Waals surface area contributed by atoms with Crippen LogP contribution in [0.1, 0.15) is 25.0 Å². The summed E-state index contributed by atoms with van der Waals surface area (Å²) in [6, 6.07) is 74.2. The third kappa shape index (κ3) is 5.53. The summed E-state index contributed by atoms with van der Waals surface area (Å²) in [5.41, 5.74) is 15.7. The van der Waals surface area contributed by atoms with Gasteiger partial charge in [0.25, 0.3) is 0 Å². The molecule has 2 heterocycles. The first kappa shape index (κ1) is 35.2. The monoisotopic (exact) mass is 780 g/mol. The summed E-state index contributed by atoms with van der Waals surface area (Å²) in [7, 11) is 0. The topological polar surface area (TPSA) is 34.0 Å². The molecule has 12 rings (SSSR count). The van der Waals surface area contributed by atoms with Crippen LogP contribution in [-0.2, 0) is 5.41 Å². The Balaban J connectivity index is 1.00. The quantitative estimate of drug-likeness (QED) is 0.169. The molecule has 0 N–H and O–H groups in total. The molecule has 1 aliphatic rings. The Labute approximate surface area is 354 Å². The van der Waals surface area contributed by atoms with Crippen molar-refractivity contribution in [3.05, 3.63) is 217 Å². The summed E-state index contributed by atoms with van der Waals surface area (Å²) in [5, 5.41) is 5.93. The molecule has 288 valence electrons. The molecular weight excluding hydrogens is 741 g/mol. The van der Waals surface area contributed by atoms with Crippen molar-refractivity contribution in [2.24, 2.45) is 0 Å². The second-order valence-electron chi connectivity index (χ2n) is 16.6. The van der Waals surface area contributed by atoms with Gasteiger partial charge in [-0.1, -0.05) is 159 Å². The van der Waals surface area contributed by atoms with E-state index < -0.39 is 0 Å². The SMILES string of the molecule is CC1(C)c2ccccc2-c2nc(-n3c4ccc(-c5ccc(N(c6ccccc6)c6ccc(-c7ccccc7)cc6)cc5)cc4c4c5ccccc5ccc43)nc3cccc1c23. The number of para-hydroxylation sites is 1. The average molecular weight is 781 g/mol. The van der Waals surface area contributed by atoms with Crippen molar-refractivity contribution in [2.75, 3.05) is 4.90 Å². The number of rotatable bonds is 6. The van der Waals surface area contributed by atoms with Crippen LogP contribution in [0.15, 0.2) is 206 Å². The summed E-state index contributed by atoms with van der Waals surface area (Å²) in [6.07, 6.45) is 0. The molecule has 0 atom stereocenters. The number of nitrogens with zero attached hydrogens (tertiary/aromatic N) is 4. The molecule has 0 fully saturated rings. The number of hydrogen-bond donors (Lipinski definition) is 0. The van der Waals surface area contributed by atoms with Crippen molar-refractivity contribution in [1.82, 2.24) is 14.5 Å². The molecular formula is C57H40N4. The Kier molecular flexibility index (Phi) is 7.85. The zero-order valence-corrected chi connectivity index (χ0v) is 33.9. The highest BCUT2D eigenvalue weighted by atomic mass is 15.2. The maximum absolute atomic E-state index is 5.49. The van der Waals surface area contributed by atoms with Gasteiger partial charge < -0.3 is 4.90 Å². The fourth-order valence-electron chi connectivity index (χ4n) is 9.81. The van der Waals surface area contributed by atoms with E-state index in [9.17, 15) is 0 Å². The molecule has 0 unspecified atom stereocenters. The highest BCUT2D eigenvalue weighted by Crippen LogP contribution is 2.48. The maximum atomic E-state index is 5.49. The van der Waals surface area contributed by atoms with E-state index in [0.29, 0.717) is 5.95 Å². The Morgan fingerprint density at radius 3 is 1.79 bits per heavy atom. The zero-order valence-electron chi connectivity index (χ0n) is 33.9. The lowest BCUT2D eigenvalue weighted by Gasteiger charge is -2.34. The second-order valence-corrected chi connectivity index (χ2v) is 16.6. The first-order valence-electron chi connectivity index (χ1n) is 21.0. The van der Waals surface area contributed by atoms with Crippen LogP contribution in [-0.4, -0.2) is 14.5 Å². The molecule has 0 amide bonds. The molecule has 4 nitrogen and oxygen atoms in total.